The van der Waals surface area contributed by atoms with Crippen molar-refractivity contribution in [2.45, 2.75) is 109 Å². The highest BCUT2D eigenvalue weighted by Gasteiger charge is 2.34. The average molecular weight is 1910 g/mol. The Morgan fingerprint density at radius 2 is 0.685 bits per heavy atom. The zero-order valence-corrected chi connectivity index (χ0v) is 82.4. The minimum absolute atomic E-state index is 0.0421. The van der Waals surface area contributed by atoms with Crippen LogP contribution in [0.5, 0.6) is 0 Å². The second-order valence-electron chi connectivity index (χ2n) is 38.9. The number of anilines is 5. The first kappa shape index (κ1) is 93.4. The number of nitrogens with one attached hydrogen (secondary N) is 3. The van der Waals surface area contributed by atoms with Gasteiger partial charge in [-0.05, 0) is 236 Å². The molecule has 0 spiro atoms. The summed E-state index contributed by atoms with van der Waals surface area (Å²) in [6.45, 7) is 17.9. The number of aryl methyl sites for hydroxylation is 1. The number of nitriles is 2. The van der Waals surface area contributed by atoms with Gasteiger partial charge in [0.2, 0.25) is 0 Å². The van der Waals surface area contributed by atoms with Gasteiger partial charge in [0.05, 0.1) is 83.0 Å². The number of pyridine rings is 10. The van der Waals surface area contributed by atoms with E-state index in [0.29, 0.717) is 80.7 Å². The van der Waals surface area contributed by atoms with Crippen molar-refractivity contribution in [1.29, 1.82) is 10.5 Å². The first-order valence-corrected chi connectivity index (χ1v) is 49.4. The number of amides is 3. The lowest BCUT2D eigenvalue weighted by atomic mass is 10.0. The monoisotopic (exact) mass is 1900 g/mol. The van der Waals surface area contributed by atoms with Gasteiger partial charge in [0.15, 0.2) is 28.2 Å². The summed E-state index contributed by atoms with van der Waals surface area (Å²) in [6.07, 6.45) is 15.0. The molecule has 7 N–H and O–H groups in total. The molecule has 143 heavy (non-hydrogen) atoms. The smallest absolute Gasteiger partial charge is 0.255 e. The molecule has 724 valence electrons. The van der Waals surface area contributed by atoms with E-state index in [1.165, 1.54) is 0 Å². The van der Waals surface area contributed by atoms with Crippen LogP contribution in [-0.4, -0.2) is 262 Å². The number of carbonyl (C=O) groups is 3. The van der Waals surface area contributed by atoms with Crippen LogP contribution < -0.4 is 51.9 Å². The maximum atomic E-state index is 13.2. The maximum absolute atomic E-state index is 13.2. The molecule has 33 nitrogen and oxygen atoms in total. The Hall–Kier alpha value is -15.9. The molecule has 5 aliphatic heterocycles. The number of piperidine rings is 2. The molecule has 5 saturated heterocycles. The number of carbonyl (C=O) groups excluding carboxylic acids is 3. The number of fused-ring (bicyclic) bond motifs is 25. The summed E-state index contributed by atoms with van der Waals surface area (Å²) < 4.78 is 10.1. The maximum Gasteiger partial charge on any atom is 0.255 e. The van der Waals surface area contributed by atoms with Crippen LogP contribution in [0.4, 0.5) is 28.4 Å². The second kappa shape index (κ2) is 38.9. The Kier molecular flexibility index (Phi) is 25.4. The second-order valence-corrected chi connectivity index (χ2v) is 38.9. The molecule has 20 heterocycles. The molecular weight excluding hydrogens is 1790 g/mol. The average Bonchev–Trinajstić information content (AvgIpc) is 1.62. The third-order valence-electron chi connectivity index (χ3n) is 28.7. The highest BCUT2D eigenvalue weighted by atomic mass is 16.2. The van der Waals surface area contributed by atoms with E-state index in [-0.39, 0.29) is 35.8 Å². The zero-order chi connectivity index (χ0) is 98.9. The van der Waals surface area contributed by atoms with Gasteiger partial charge in [-0.25, -0.2) is 49.8 Å². The van der Waals surface area contributed by atoms with E-state index in [0.717, 1.165) is 255 Å². The molecule has 5 aliphatic rings. The number of rotatable bonds is 13. The predicted molar refractivity (Wildman–Crippen MR) is 570 cm³/mol. The fourth-order valence-electron chi connectivity index (χ4n) is 21.5. The fourth-order valence-corrected chi connectivity index (χ4v) is 21.5. The predicted octanol–water partition coefficient (Wildman–Crippen LogP) is 14.8. The van der Waals surface area contributed by atoms with E-state index < -0.39 is 0 Å². The number of para-hydroxylation sites is 10. The molecule has 0 saturated carbocycles. The van der Waals surface area contributed by atoms with Gasteiger partial charge in [0.1, 0.15) is 40.4 Å². The number of hydrogen-bond acceptors (Lipinski definition) is 25. The molecule has 15 aromatic heterocycles. The molecule has 0 bridgehead atoms. The Bertz CT molecular complexity index is 8490. The van der Waals surface area contributed by atoms with Crippen molar-refractivity contribution in [2.24, 2.45) is 11.5 Å². The van der Waals surface area contributed by atoms with Gasteiger partial charge in [-0.1, -0.05) is 60.7 Å². The molecule has 20 aromatic rings. The van der Waals surface area contributed by atoms with Gasteiger partial charge in [-0.15, -0.1) is 0 Å². The van der Waals surface area contributed by atoms with Crippen LogP contribution in [0.1, 0.15) is 114 Å². The molecule has 0 unspecified atom stereocenters. The van der Waals surface area contributed by atoms with Crippen molar-refractivity contribution in [3.63, 3.8) is 0 Å². The SMILES string of the molecule is CC(C)NC(=O)c1cc2c(N3CC[C@H](N(C)C)C3)ccnc2n2c1nc1ccccc12.CCNC(=O)c1cc2c(N3CC[C@H](N(C)C)C3)ccnc2n2c1nc1ccccc12.CNC(=O)c1cc2c(N3CCC[C@@H](N)C3)ccnc2n2c1nc1ccccc12.Cc1cc(N2CC[C@H](N(C)C)C2)c2cc(C#N)c3nc4ccccc4n3c2n1.N#Cc1cc2c(N3CCC[C@@H](N)C3)ccnc2n2c1nc1ccccc12. The molecule has 5 aromatic carbocycles. The van der Waals surface area contributed by atoms with Crippen molar-refractivity contribution in [2.75, 3.05) is 146 Å². The van der Waals surface area contributed by atoms with Crippen molar-refractivity contribution < 1.29 is 14.4 Å². The van der Waals surface area contributed by atoms with Crippen LogP contribution in [-0.2, 0) is 0 Å². The van der Waals surface area contributed by atoms with Crippen molar-refractivity contribution in [3.8, 4) is 12.1 Å². The molecule has 5 atom stereocenters. The summed E-state index contributed by atoms with van der Waals surface area (Å²) in [5.74, 6) is -0.381. The summed E-state index contributed by atoms with van der Waals surface area (Å²) in [5.41, 5.74) is 38.2. The van der Waals surface area contributed by atoms with Crippen LogP contribution in [0.3, 0.4) is 0 Å². The largest absolute Gasteiger partial charge is 0.369 e. The highest BCUT2D eigenvalue weighted by molar-refractivity contribution is 6.11. The fraction of sp³-hybridized carbons (Fsp3) is 0.318. The highest BCUT2D eigenvalue weighted by Crippen LogP contribution is 2.41. The van der Waals surface area contributed by atoms with Gasteiger partial charge < -0.3 is 66.6 Å². The molecule has 3 amide bonds. The molecule has 33 heteroatoms. The van der Waals surface area contributed by atoms with E-state index in [1.54, 1.807) is 7.05 Å². The lowest BCUT2D eigenvalue weighted by molar-refractivity contribution is 0.0939. The Labute approximate surface area is 826 Å². The van der Waals surface area contributed by atoms with Gasteiger partial charge >= 0.3 is 0 Å². The third kappa shape index (κ3) is 17.3. The van der Waals surface area contributed by atoms with E-state index in [9.17, 15) is 24.9 Å². The van der Waals surface area contributed by atoms with E-state index >= 15 is 0 Å². The standard InChI is InChI=1S/C24H28N6O.C23H26N6O.C22H22N6.C21H22N6O.C20H18N6/c1-15(2)26-24(31)18-13-17-20(29-12-10-16(14-29)28(3)4)9-11-25-22(17)30-21-8-6-5-7-19(21)27-23(18)30;1-4-24-23(30)17-13-16-19(28-12-10-15(14-28)27(2)3)9-11-25-21(16)29-20-8-6-5-7-18(20)26-22(17)29;1-14-10-20(27-9-8-16(13-27)26(2)3)17-11-15(12-23)21-25-18-6-4-5-7-19(18)28(21)22(17)24-14;1-23-21(28)15-11-14-17(26-10-4-5-13(22)12-26)8-9-24-19(14)27-18-7-3-2-6-16(18)25-20(15)27;21-11-13-10-15-17(25-9-3-4-14(22)12-25)7-8-23-20(15)26-18-6-2-1-5-16(18)24-19(13)26/h5-9,11,13,15-16H,10,12,14H2,1-4H3,(H,26,31);5-9,11,13,15H,4,10,12,14H2,1-3H3,(H,24,30);4-7,10-11,16H,8-9,13H2,1-3H3;2-3,6-9,11,13H,4-5,10,12,22H2,1H3,(H,23,28);1-2,5-8,10,14H,3-4,9,12,22H2/t16-;15-;16-;13-;14-/m00011/s1. The number of imidazole rings is 5. The van der Waals surface area contributed by atoms with Gasteiger partial charge in [0.25, 0.3) is 17.7 Å². The quantitative estimate of drug-likeness (QED) is 0.0716. The number of likely N-dealkylation sites (N-methyl/N-ethyl adjacent to an activating group) is 3. The first-order valence-electron chi connectivity index (χ1n) is 49.4. The zero-order valence-electron chi connectivity index (χ0n) is 82.4. The molecule has 0 radical (unpaired) electrons. The normalized spacial score (nSPS) is 17.3. The summed E-state index contributed by atoms with van der Waals surface area (Å²) >= 11 is 0. The van der Waals surface area contributed by atoms with E-state index in [4.69, 9.17) is 46.4 Å². The van der Waals surface area contributed by atoms with Crippen LogP contribution in [0.15, 0.2) is 207 Å². The van der Waals surface area contributed by atoms with Gasteiger partial charge in [0, 0.05) is 201 Å². The Balaban J connectivity index is 0.000000106. The van der Waals surface area contributed by atoms with Crippen LogP contribution in [0, 0.1) is 29.6 Å². The van der Waals surface area contributed by atoms with Gasteiger partial charge in [-0.2, -0.15) is 10.5 Å². The van der Waals surface area contributed by atoms with E-state index in [2.05, 4.69) is 143 Å². The minimum atomic E-state index is -0.160. The van der Waals surface area contributed by atoms with Crippen molar-refractivity contribution in [3.05, 3.63) is 240 Å². The number of aromatic nitrogens is 15. The Morgan fingerprint density at radius 3 is 1.01 bits per heavy atom. The number of nitrogens with zero attached hydrogens (tertiary/aromatic N) is 25. The minimum Gasteiger partial charge on any atom is -0.369 e. The number of hydrogen-bond donors (Lipinski definition) is 5. The third-order valence-corrected chi connectivity index (χ3v) is 28.7. The topological polar surface area (TPSA) is 364 Å². The summed E-state index contributed by atoms with van der Waals surface area (Å²) in [6, 6.07) is 66.4. The molecule has 0 aliphatic carbocycles. The summed E-state index contributed by atoms with van der Waals surface area (Å²) in [5, 5.41) is 33.1. The van der Waals surface area contributed by atoms with E-state index in [1.807, 2.05) is 238 Å². The summed E-state index contributed by atoms with van der Waals surface area (Å²) in [7, 11) is 14.4. The van der Waals surface area contributed by atoms with Crippen LogP contribution >= 0.6 is 0 Å². The van der Waals surface area contributed by atoms with Gasteiger partial charge in [-0.3, -0.25) is 36.4 Å². The van der Waals surface area contributed by atoms with Crippen molar-refractivity contribution >= 4 is 185 Å². The van der Waals surface area contributed by atoms with Crippen LogP contribution in [0.25, 0.3) is 139 Å². The lowest BCUT2D eigenvalue weighted by Crippen LogP contribution is -2.43. The molecule has 25 rings (SSSR count). The number of nitrogens with two attached hydrogens (primary N) is 2. The molecular formula is C110H116N30O3. The lowest BCUT2D eigenvalue weighted by Gasteiger charge is -2.33. The first-order chi connectivity index (χ1) is 69.5. The van der Waals surface area contributed by atoms with Crippen molar-refractivity contribution in [1.82, 2.24) is 102 Å². The summed E-state index contributed by atoms with van der Waals surface area (Å²) in [4.78, 5) is 105. The molecule has 5 fully saturated rings. The number of benzene rings is 5. The Morgan fingerprint density at radius 1 is 0.378 bits per heavy atom. The van der Waals surface area contributed by atoms with Crippen LogP contribution in [0.2, 0.25) is 0 Å².